The van der Waals surface area contributed by atoms with Crippen molar-refractivity contribution in [1.29, 1.82) is 0 Å². The van der Waals surface area contributed by atoms with Gasteiger partial charge in [-0.2, -0.15) is 0 Å². The molecule has 3 aliphatic heterocycles. The molecule has 0 saturated carbocycles. The molecule has 3 aliphatic rings. The zero-order valence-electron chi connectivity index (χ0n) is 20.2. The number of para-hydroxylation sites is 2. The van der Waals surface area contributed by atoms with E-state index in [9.17, 15) is 14.4 Å². The van der Waals surface area contributed by atoms with Crippen LogP contribution in [0.3, 0.4) is 0 Å². The number of nitrogens with one attached hydrogen (secondary N) is 1. The molecule has 1 fully saturated rings. The molecule has 0 spiro atoms. The van der Waals surface area contributed by atoms with Gasteiger partial charge in [0, 0.05) is 6.42 Å². The van der Waals surface area contributed by atoms with E-state index < -0.39 is 23.5 Å². The van der Waals surface area contributed by atoms with Gasteiger partial charge in [0.2, 0.25) is 12.7 Å². The Morgan fingerprint density at radius 2 is 1.70 bits per heavy atom. The average Bonchev–Trinajstić information content (AvgIpc) is 3.46. The molecule has 0 aliphatic carbocycles. The molecule has 3 aromatic carbocycles. The van der Waals surface area contributed by atoms with Crippen molar-refractivity contribution in [3.05, 3.63) is 83.9 Å². The second-order valence-corrected chi connectivity index (χ2v) is 9.49. The first kappa shape index (κ1) is 22.9. The maximum atomic E-state index is 13.8. The van der Waals surface area contributed by atoms with Gasteiger partial charge in [-0.15, -0.1) is 0 Å². The number of carbonyl (C=O) groups is 3. The van der Waals surface area contributed by atoms with Gasteiger partial charge in [-0.3, -0.25) is 19.4 Å². The third kappa shape index (κ3) is 4.02. The van der Waals surface area contributed by atoms with E-state index in [1.54, 1.807) is 36.1 Å². The van der Waals surface area contributed by atoms with E-state index in [0.29, 0.717) is 22.9 Å². The minimum absolute atomic E-state index is 0.149. The van der Waals surface area contributed by atoms with Crippen LogP contribution in [0.5, 0.6) is 17.2 Å². The fraction of sp³-hybridized carbons (Fsp3) is 0.250. The Labute approximate surface area is 213 Å². The highest BCUT2D eigenvalue weighted by molar-refractivity contribution is 6.10. The van der Waals surface area contributed by atoms with Gasteiger partial charge < -0.3 is 19.5 Å². The summed E-state index contributed by atoms with van der Waals surface area (Å²) in [6.45, 7) is 1.68. The number of imide groups is 1. The summed E-state index contributed by atoms with van der Waals surface area (Å²) in [7, 11) is 0. The number of nitrogens with zero attached hydrogens (tertiary/aromatic N) is 2. The van der Waals surface area contributed by atoms with E-state index in [1.807, 2.05) is 48.5 Å². The van der Waals surface area contributed by atoms with Crippen LogP contribution < -0.4 is 24.4 Å². The van der Waals surface area contributed by atoms with E-state index in [4.69, 9.17) is 14.2 Å². The van der Waals surface area contributed by atoms with Crippen molar-refractivity contribution in [3.63, 3.8) is 0 Å². The van der Waals surface area contributed by atoms with E-state index in [0.717, 1.165) is 16.0 Å². The molecule has 3 aromatic rings. The Morgan fingerprint density at radius 3 is 2.54 bits per heavy atom. The minimum Gasteiger partial charge on any atom is -0.489 e. The largest absolute Gasteiger partial charge is 0.489 e. The molecule has 1 N–H and O–H groups in total. The number of anilines is 1. The standard InChI is InChI=1S/C28H25N3O6/c1-28(14-18-11-12-23-24(13-18)37-17-36-23)26(33)30(27(34)29-28)15-25(32)31-20-9-5-6-10-22(20)35-16-21(31)19-7-3-2-4-8-19/h2-13,21H,14-17H2,1H3,(H,29,34)/t21-,28+/m1/s1. The molecular formula is C28H25N3O6. The molecule has 1 saturated heterocycles. The maximum Gasteiger partial charge on any atom is 0.325 e. The Hall–Kier alpha value is -4.53. The molecule has 6 rings (SSSR count). The molecule has 9 nitrogen and oxygen atoms in total. The van der Waals surface area contributed by atoms with Gasteiger partial charge >= 0.3 is 6.03 Å². The second-order valence-electron chi connectivity index (χ2n) is 9.49. The Balaban J connectivity index is 1.25. The van der Waals surface area contributed by atoms with Gasteiger partial charge in [0.25, 0.3) is 5.91 Å². The highest BCUT2D eigenvalue weighted by Crippen LogP contribution is 2.40. The lowest BCUT2D eigenvalue weighted by molar-refractivity contribution is -0.134. The first-order chi connectivity index (χ1) is 17.9. The smallest absolute Gasteiger partial charge is 0.325 e. The summed E-state index contributed by atoms with van der Waals surface area (Å²) in [5, 5.41) is 2.79. The molecule has 4 amide bonds. The number of hydrogen-bond donors (Lipinski definition) is 1. The van der Waals surface area contributed by atoms with Crippen LogP contribution in [0.25, 0.3) is 0 Å². The zero-order chi connectivity index (χ0) is 25.6. The molecule has 9 heteroatoms. The van der Waals surface area contributed by atoms with Crippen LogP contribution in [0.1, 0.15) is 24.1 Å². The van der Waals surface area contributed by atoms with Crippen LogP contribution in [0.4, 0.5) is 10.5 Å². The number of rotatable bonds is 5. The molecule has 2 atom stereocenters. The first-order valence-electron chi connectivity index (χ1n) is 12.0. The highest BCUT2D eigenvalue weighted by Gasteiger charge is 2.49. The number of ether oxygens (including phenoxy) is 3. The predicted molar refractivity (Wildman–Crippen MR) is 134 cm³/mol. The maximum absolute atomic E-state index is 13.8. The summed E-state index contributed by atoms with van der Waals surface area (Å²) < 4.78 is 16.7. The van der Waals surface area contributed by atoms with Crippen molar-refractivity contribution in [1.82, 2.24) is 10.2 Å². The number of hydrogen-bond acceptors (Lipinski definition) is 6. The van der Waals surface area contributed by atoms with Crippen molar-refractivity contribution in [3.8, 4) is 17.2 Å². The van der Waals surface area contributed by atoms with Crippen LogP contribution >= 0.6 is 0 Å². The van der Waals surface area contributed by atoms with E-state index >= 15 is 0 Å². The van der Waals surface area contributed by atoms with Crippen LogP contribution in [0.15, 0.2) is 72.8 Å². The van der Waals surface area contributed by atoms with Crippen molar-refractivity contribution < 1.29 is 28.6 Å². The highest BCUT2D eigenvalue weighted by atomic mass is 16.7. The number of benzene rings is 3. The first-order valence-corrected chi connectivity index (χ1v) is 12.0. The van der Waals surface area contributed by atoms with Crippen LogP contribution in [0, 0.1) is 0 Å². The number of amides is 4. The normalized spacial score (nSPS) is 21.9. The fourth-order valence-electron chi connectivity index (χ4n) is 5.10. The third-order valence-electron chi connectivity index (χ3n) is 6.92. The van der Waals surface area contributed by atoms with Gasteiger partial charge in [-0.05, 0) is 42.3 Å². The lowest BCUT2D eigenvalue weighted by Gasteiger charge is -2.37. The van der Waals surface area contributed by atoms with Gasteiger partial charge in [0.1, 0.15) is 24.4 Å². The summed E-state index contributed by atoms with van der Waals surface area (Å²) in [6.07, 6.45) is 0.242. The van der Waals surface area contributed by atoms with Gasteiger partial charge in [0.15, 0.2) is 11.5 Å². The Bertz CT molecular complexity index is 1390. The average molecular weight is 500 g/mol. The lowest BCUT2D eigenvalue weighted by atomic mass is 9.92. The summed E-state index contributed by atoms with van der Waals surface area (Å²) >= 11 is 0. The quantitative estimate of drug-likeness (QED) is 0.541. The van der Waals surface area contributed by atoms with Crippen molar-refractivity contribution >= 4 is 23.5 Å². The summed E-state index contributed by atoms with van der Waals surface area (Å²) in [5.74, 6) is 0.985. The predicted octanol–water partition coefficient (Wildman–Crippen LogP) is 3.44. The number of fused-ring (bicyclic) bond motifs is 2. The summed E-state index contributed by atoms with van der Waals surface area (Å²) in [5.41, 5.74) is 1.10. The molecule has 0 radical (unpaired) electrons. The molecule has 0 aromatic heterocycles. The van der Waals surface area contributed by atoms with Gasteiger partial charge in [0.05, 0.1) is 11.7 Å². The number of urea groups is 1. The third-order valence-corrected chi connectivity index (χ3v) is 6.92. The Morgan fingerprint density at radius 1 is 0.946 bits per heavy atom. The monoisotopic (exact) mass is 499 g/mol. The molecule has 0 bridgehead atoms. The lowest BCUT2D eigenvalue weighted by Crippen LogP contribution is -2.49. The van der Waals surface area contributed by atoms with Crippen LogP contribution in [0.2, 0.25) is 0 Å². The molecular weight excluding hydrogens is 474 g/mol. The van der Waals surface area contributed by atoms with Crippen molar-refractivity contribution in [2.75, 3.05) is 24.8 Å². The number of carbonyl (C=O) groups excluding carboxylic acids is 3. The fourth-order valence-corrected chi connectivity index (χ4v) is 5.10. The van der Waals surface area contributed by atoms with E-state index in [2.05, 4.69) is 5.32 Å². The SMILES string of the molecule is C[C@@]1(Cc2ccc3c(c2)OCO3)NC(=O)N(CC(=O)N2c3ccccc3OC[C@@H]2c2ccccc2)C1=O. The van der Waals surface area contributed by atoms with E-state index in [1.165, 1.54) is 0 Å². The van der Waals surface area contributed by atoms with Gasteiger partial charge in [-0.1, -0.05) is 48.5 Å². The Kier molecular flexibility index (Phi) is 5.48. The van der Waals surface area contributed by atoms with Crippen LogP contribution in [-0.2, 0) is 16.0 Å². The topological polar surface area (TPSA) is 97.4 Å². The summed E-state index contributed by atoms with van der Waals surface area (Å²) in [4.78, 5) is 42.8. The molecule has 37 heavy (non-hydrogen) atoms. The summed E-state index contributed by atoms with van der Waals surface area (Å²) in [6, 6.07) is 21.2. The molecule has 3 heterocycles. The second kappa shape index (κ2) is 8.85. The molecule has 188 valence electrons. The van der Waals surface area contributed by atoms with E-state index in [-0.39, 0.29) is 32.3 Å². The zero-order valence-corrected chi connectivity index (χ0v) is 20.2. The van der Waals surface area contributed by atoms with Crippen molar-refractivity contribution in [2.24, 2.45) is 0 Å². The van der Waals surface area contributed by atoms with Crippen molar-refractivity contribution in [2.45, 2.75) is 24.9 Å². The molecule has 0 unspecified atom stereocenters. The minimum atomic E-state index is -1.20. The van der Waals surface area contributed by atoms with Gasteiger partial charge in [-0.25, -0.2) is 4.79 Å². The van der Waals surface area contributed by atoms with Crippen LogP contribution in [-0.4, -0.2) is 48.2 Å².